The Bertz CT molecular complexity index is 975. The maximum absolute atomic E-state index is 12.7. The van der Waals surface area contributed by atoms with E-state index in [0.717, 1.165) is 10.8 Å². The molecule has 1 heterocycles. The molecule has 0 aliphatic carbocycles. The van der Waals surface area contributed by atoms with Gasteiger partial charge < -0.3 is 15.1 Å². The Morgan fingerprint density at radius 3 is 2.24 bits per heavy atom. The summed E-state index contributed by atoms with van der Waals surface area (Å²) < 4.78 is 26.5. The number of hydrogen-bond donors (Lipinski definition) is 1. The van der Waals surface area contributed by atoms with Crippen LogP contribution >= 0.6 is 0 Å². The zero-order chi connectivity index (χ0) is 24.8. The number of rotatable bonds is 9. The summed E-state index contributed by atoms with van der Waals surface area (Å²) in [6.07, 6.45) is 1.11. The smallest absolute Gasteiger partial charge is 0.243 e. The van der Waals surface area contributed by atoms with Crippen LogP contribution in [0.4, 0.5) is 0 Å². The second kappa shape index (κ2) is 11.1. The molecule has 1 saturated heterocycles. The van der Waals surface area contributed by atoms with Crippen LogP contribution in [0.5, 0.6) is 0 Å². The number of hydrogen-bond acceptors (Lipinski definition) is 6. The summed E-state index contributed by atoms with van der Waals surface area (Å²) in [6, 6.07) is 7.53. The zero-order valence-electron chi connectivity index (χ0n) is 20.2. The molecular weight excluding hydrogens is 442 g/mol. The number of carbonyl (C=O) groups excluding carboxylic acids is 2. The van der Waals surface area contributed by atoms with Crippen LogP contribution in [0.3, 0.4) is 0 Å². The van der Waals surface area contributed by atoms with Crippen molar-refractivity contribution in [3.63, 3.8) is 0 Å². The standard InChI is InChI=1S/C23H35N5O4S/c1-23(2,17-26(3)4)16-25-22(30)19-10-12-28(13-11-19)21(29)15-27(5)33(31,32)20-8-6-18(14-24)7-9-20/h6-9,19H,10-13,15-17H2,1-5H3,(H,25,30). The molecule has 1 aromatic rings. The highest BCUT2D eigenvalue weighted by Gasteiger charge is 2.31. The number of nitriles is 1. The molecule has 0 unspecified atom stereocenters. The highest BCUT2D eigenvalue weighted by molar-refractivity contribution is 7.89. The van der Waals surface area contributed by atoms with Crippen LogP contribution in [0.1, 0.15) is 32.3 Å². The molecule has 2 amide bonds. The molecule has 0 bridgehead atoms. The van der Waals surface area contributed by atoms with Crippen LogP contribution in [0, 0.1) is 22.7 Å². The number of likely N-dealkylation sites (tertiary alicyclic amines) is 1. The average molecular weight is 478 g/mol. The fourth-order valence-corrected chi connectivity index (χ4v) is 5.15. The van der Waals surface area contributed by atoms with E-state index in [1.165, 1.54) is 31.3 Å². The van der Waals surface area contributed by atoms with E-state index >= 15 is 0 Å². The van der Waals surface area contributed by atoms with Crippen LogP contribution in [-0.4, -0.2) is 88.2 Å². The highest BCUT2D eigenvalue weighted by Crippen LogP contribution is 2.20. The van der Waals surface area contributed by atoms with Gasteiger partial charge in [0.2, 0.25) is 21.8 Å². The largest absolute Gasteiger partial charge is 0.355 e. The van der Waals surface area contributed by atoms with Crippen molar-refractivity contribution in [2.45, 2.75) is 31.6 Å². The summed E-state index contributed by atoms with van der Waals surface area (Å²) in [4.78, 5) is 29.0. The van der Waals surface area contributed by atoms with Gasteiger partial charge in [0, 0.05) is 39.1 Å². The molecule has 0 spiro atoms. The number of sulfonamides is 1. The van der Waals surface area contributed by atoms with Gasteiger partial charge >= 0.3 is 0 Å². The van der Waals surface area contributed by atoms with Gasteiger partial charge in [-0.15, -0.1) is 0 Å². The Labute approximate surface area is 197 Å². The second-order valence-corrected chi connectivity index (χ2v) is 11.7. The van der Waals surface area contributed by atoms with Crippen molar-refractivity contribution in [1.82, 2.24) is 19.4 Å². The minimum atomic E-state index is -3.84. The maximum Gasteiger partial charge on any atom is 0.243 e. The van der Waals surface area contributed by atoms with Crippen LogP contribution in [0.25, 0.3) is 0 Å². The van der Waals surface area contributed by atoms with E-state index in [2.05, 4.69) is 24.1 Å². The number of benzene rings is 1. The molecule has 0 radical (unpaired) electrons. The first-order chi connectivity index (χ1) is 15.4. The Balaban J connectivity index is 1.85. The van der Waals surface area contributed by atoms with Gasteiger partial charge in [-0.3, -0.25) is 9.59 Å². The molecule has 33 heavy (non-hydrogen) atoms. The van der Waals surface area contributed by atoms with E-state index in [1.807, 2.05) is 20.2 Å². The summed E-state index contributed by atoms with van der Waals surface area (Å²) in [6.45, 7) is 6.22. The first kappa shape index (κ1) is 26.8. The molecule has 0 aromatic heterocycles. The maximum atomic E-state index is 12.7. The molecule has 1 aromatic carbocycles. The second-order valence-electron chi connectivity index (χ2n) is 9.67. The van der Waals surface area contributed by atoms with Crippen molar-refractivity contribution in [2.24, 2.45) is 11.3 Å². The lowest BCUT2D eigenvalue weighted by Gasteiger charge is -2.33. The molecule has 10 heteroatoms. The molecule has 2 rings (SSSR count). The van der Waals surface area contributed by atoms with Crippen LogP contribution in [0.15, 0.2) is 29.2 Å². The number of likely N-dealkylation sites (N-methyl/N-ethyl adjacent to an activating group) is 1. The summed E-state index contributed by atoms with van der Waals surface area (Å²) in [7, 11) is 1.53. The predicted molar refractivity (Wildman–Crippen MR) is 126 cm³/mol. The van der Waals surface area contributed by atoms with Gasteiger partial charge in [0.1, 0.15) is 0 Å². The van der Waals surface area contributed by atoms with E-state index in [4.69, 9.17) is 5.26 Å². The Hall–Kier alpha value is -2.48. The quantitative estimate of drug-likeness (QED) is 0.570. The Morgan fingerprint density at radius 1 is 1.15 bits per heavy atom. The lowest BCUT2D eigenvalue weighted by molar-refractivity contribution is -0.135. The summed E-state index contributed by atoms with van der Waals surface area (Å²) in [5.41, 5.74) is 0.321. The molecule has 1 fully saturated rings. The van der Waals surface area contributed by atoms with Gasteiger partial charge in [0.05, 0.1) is 23.1 Å². The van der Waals surface area contributed by atoms with Crippen molar-refractivity contribution in [2.75, 3.05) is 53.9 Å². The van der Waals surface area contributed by atoms with Gasteiger partial charge in [-0.2, -0.15) is 9.57 Å². The summed E-state index contributed by atoms with van der Waals surface area (Å²) in [5, 5.41) is 11.9. The monoisotopic (exact) mass is 477 g/mol. The van der Waals surface area contributed by atoms with E-state index < -0.39 is 10.0 Å². The molecule has 0 atom stereocenters. The van der Waals surface area contributed by atoms with Gasteiger partial charge in [0.25, 0.3) is 0 Å². The number of nitrogens with zero attached hydrogens (tertiary/aromatic N) is 4. The van der Waals surface area contributed by atoms with Crippen molar-refractivity contribution in [1.29, 1.82) is 5.26 Å². The predicted octanol–water partition coefficient (Wildman–Crippen LogP) is 1.12. The van der Waals surface area contributed by atoms with Crippen molar-refractivity contribution < 1.29 is 18.0 Å². The lowest BCUT2D eigenvalue weighted by Crippen LogP contribution is -2.48. The third-order valence-corrected chi connectivity index (χ3v) is 7.57. The Morgan fingerprint density at radius 2 is 1.73 bits per heavy atom. The molecule has 0 saturated carbocycles. The third-order valence-electron chi connectivity index (χ3n) is 5.75. The van der Waals surface area contributed by atoms with Crippen LogP contribution in [-0.2, 0) is 19.6 Å². The van der Waals surface area contributed by atoms with Crippen molar-refractivity contribution in [3.8, 4) is 6.07 Å². The number of nitrogens with one attached hydrogen (secondary N) is 1. The van der Waals surface area contributed by atoms with E-state index in [-0.39, 0.29) is 34.6 Å². The number of amides is 2. The molecule has 182 valence electrons. The molecule has 1 aliphatic rings. The minimum Gasteiger partial charge on any atom is -0.355 e. The van der Waals surface area contributed by atoms with Gasteiger partial charge in [-0.1, -0.05) is 13.8 Å². The lowest BCUT2D eigenvalue weighted by atomic mass is 9.91. The molecular formula is C23H35N5O4S. The minimum absolute atomic E-state index is 0.00874. The van der Waals surface area contributed by atoms with E-state index in [0.29, 0.717) is 38.0 Å². The number of carbonyl (C=O) groups is 2. The zero-order valence-corrected chi connectivity index (χ0v) is 21.0. The first-order valence-corrected chi connectivity index (χ1v) is 12.5. The van der Waals surface area contributed by atoms with Crippen LogP contribution in [0.2, 0.25) is 0 Å². The van der Waals surface area contributed by atoms with E-state index in [9.17, 15) is 18.0 Å². The third kappa shape index (κ3) is 7.52. The fraction of sp³-hybridized carbons (Fsp3) is 0.609. The normalized spacial score (nSPS) is 15.5. The topological polar surface area (TPSA) is 114 Å². The molecule has 1 aliphatic heterocycles. The summed E-state index contributed by atoms with van der Waals surface area (Å²) >= 11 is 0. The van der Waals surface area contributed by atoms with Crippen LogP contribution < -0.4 is 5.32 Å². The van der Waals surface area contributed by atoms with Crippen molar-refractivity contribution >= 4 is 21.8 Å². The molecule has 1 N–H and O–H groups in total. The van der Waals surface area contributed by atoms with Crippen molar-refractivity contribution in [3.05, 3.63) is 29.8 Å². The number of piperidine rings is 1. The Kier molecular flexibility index (Phi) is 9.00. The summed E-state index contributed by atoms with van der Waals surface area (Å²) in [5.74, 6) is -0.431. The first-order valence-electron chi connectivity index (χ1n) is 11.0. The average Bonchev–Trinajstić information content (AvgIpc) is 2.76. The SMILES string of the molecule is CN(C)CC(C)(C)CNC(=O)C1CCN(C(=O)CN(C)S(=O)(=O)c2ccc(C#N)cc2)CC1. The fourth-order valence-electron chi connectivity index (χ4n) is 4.03. The van der Waals surface area contributed by atoms with Gasteiger partial charge in [-0.05, 0) is 56.6 Å². The van der Waals surface area contributed by atoms with Gasteiger partial charge in [0.15, 0.2) is 0 Å². The molecule has 9 nitrogen and oxygen atoms in total. The highest BCUT2D eigenvalue weighted by atomic mass is 32.2. The van der Waals surface area contributed by atoms with Gasteiger partial charge in [-0.25, -0.2) is 8.42 Å². The van der Waals surface area contributed by atoms with E-state index in [1.54, 1.807) is 4.90 Å².